The zero-order chi connectivity index (χ0) is 11.4. The van der Waals surface area contributed by atoms with E-state index in [-0.39, 0.29) is 0 Å². The Labute approximate surface area is 94.8 Å². The fraction of sp³-hybridized carbons (Fsp3) is 0.417. The summed E-state index contributed by atoms with van der Waals surface area (Å²) in [5.74, 6) is 0. The number of benzene rings is 1. The average molecular weight is 219 g/mol. The normalized spacial score (nSPS) is 12.9. The lowest BCUT2D eigenvalue weighted by Gasteiger charge is -2.13. The lowest BCUT2D eigenvalue weighted by molar-refractivity contribution is 0.570. The molecule has 1 aromatic heterocycles. The molecule has 0 saturated carbocycles. The van der Waals surface area contributed by atoms with E-state index >= 15 is 0 Å². The number of fused-ring (bicyclic) bond motifs is 1. The molecule has 0 amide bonds. The molecule has 2 rings (SSSR count). The molecule has 0 fully saturated rings. The predicted molar refractivity (Wildman–Crippen MR) is 65.4 cm³/mol. The van der Waals surface area contributed by atoms with Gasteiger partial charge >= 0.3 is 0 Å². The van der Waals surface area contributed by atoms with Crippen LogP contribution >= 0.6 is 0 Å². The molecule has 1 atom stereocenters. The monoisotopic (exact) mass is 219 g/mol. The number of para-hydroxylation sites is 2. The SMILES string of the molecule is CCC(CCN)Nc1nc2ccccc2o1. The first-order valence-electron chi connectivity index (χ1n) is 5.65. The third-order valence-electron chi connectivity index (χ3n) is 2.63. The number of nitrogens with one attached hydrogen (secondary N) is 1. The van der Waals surface area contributed by atoms with Crippen molar-refractivity contribution in [3.8, 4) is 0 Å². The van der Waals surface area contributed by atoms with E-state index in [0.717, 1.165) is 23.9 Å². The van der Waals surface area contributed by atoms with E-state index in [1.807, 2.05) is 24.3 Å². The van der Waals surface area contributed by atoms with Crippen molar-refractivity contribution in [3.63, 3.8) is 0 Å². The van der Waals surface area contributed by atoms with E-state index in [2.05, 4.69) is 17.2 Å². The van der Waals surface area contributed by atoms with Crippen LogP contribution in [-0.4, -0.2) is 17.6 Å². The largest absolute Gasteiger partial charge is 0.424 e. The maximum Gasteiger partial charge on any atom is 0.295 e. The van der Waals surface area contributed by atoms with Crippen molar-refractivity contribution in [2.75, 3.05) is 11.9 Å². The molecule has 4 nitrogen and oxygen atoms in total. The number of rotatable bonds is 5. The molecule has 0 radical (unpaired) electrons. The lowest BCUT2D eigenvalue weighted by atomic mass is 10.1. The first-order chi connectivity index (χ1) is 7.83. The highest BCUT2D eigenvalue weighted by Crippen LogP contribution is 2.19. The van der Waals surface area contributed by atoms with Crippen LogP contribution in [0.4, 0.5) is 6.01 Å². The fourth-order valence-electron chi connectivity index (χ4n) is 1.69. The van der Waals surface area contributed by atoms with Crippen LogP contribution in [0.3, 0.4) is 0 Å². The Morgan fingerprint density at radius 2 is 2.25 bits per heavy atom. The van der Waals surface area contributed by atoms with Crippen molar-refractivity contribution in [3.05, 3.63) is 24.3 Å². The van der Waals surface area contributed by atoms with Crippen molar-refractivity contribution in [2.24, 2.45) is 5.73 Å². The molecule has 0 aliphatic heterocycles. The standard InChI is InChI=1S/C12H17N3O/c1-2-9(7-8-13)14-12-15-10-5-3-4-6-11(10)16-12/h3-6,9H,2,7-8,13H2,1H3,(H,14,15). The van der Waals surface area contributed by atoms with E-state index in [4.69, 9.17) is 10.2 Å². The van der Waals surface area contributed by atoms with Gasteiger partial charge in [0.1, 0.15) is 5.52 Å². The van der Waals surface area contributed by atoms with Gasteiger partial charge in [0, 0.05) is 6.04 Å². The van der Waals surface area contributed by atoms with Crippen molar-refractivity contribution in [1.29, 1.82) is 0 Å². The molecule has 0 bridgehead atoms. The topological polar surface area (TPSA) is 64.1 Å². The lowest BCUT2D eigenvalue weighted by Crippen LogP contribution is -2.22. The third kappa shape index (κ3) is 2.33. The first kappa shape index (κ1) is 11.0. The summed E-state index contributed by atoms with van der Waals surface area (Å²) in [6.45, 7) is 2.79. The van der Waals surface area contributed by atoms with Crippen LogP contribution in [0.5, 0.6) is 0 Å². The van der Waals surface area contributed by atoms with Gasteiger partial charge < -0.3 is 15.5 Å². The predicted octanol–water partition coefficient (Wildman–Crippen LogP) is 2.37. The molecule has 0 aliphatic carbocycles. The van der Waals surface area contributed by atoms with Gasteiger partial charge in [-0.3, -0.25) is 0 Å². The van der Waals surface area contributed by atoms with Gasteiger partial charge in [0.15, 0.2) is 5.58 Å². The van der Waals surface area contributed by atoms with Crippen LogP contribution in [-0.2, 0) is 0 Å². The molecule has 4 heteroatoms. The van der Waals surface area contributed by atoms with E-state index in [1.54, 1.807) is 0 Å². The zero-order valence-corrected chi connectivity index (χ0v) is 9.44. The molecular formula is C12H17N3O. The Morgan fingerprint density at radius 3 is 2.94 bits per heavy atom. The van der Waals surface area contributed by atoms with Gasteiger partial charge in [0.2, 0.25) is 0 Å². The summed E-state index contributed by atoms with van der Waals surface area (Å²) in [4.78, 5) is 4.36. The van der Waals surface area contributed by atoms with Gasteiger partial charge in [-0.05, 0) is 31.5 Å². The maximum absolute atomic E-state index is 5.58. The fourth-order valence-corrected chi connectivity index (χ4v) is 1.69. The molecule has 1 unspecified atom stereocenters. The molecule has 3 N–H and O–H groups in total. The summed E-state index contributed by atoms with van der Waals surface area (Å²) >= 11 is 0. The van der Waals surface area contributed by atoms with Gasteiger partial charge in [0.25, 0.3) is 6.01 Å². The molecule has 0 spiro atoms. The highest BCUT2D eigenvalue weighted by Gasteiger charge is 2.09. The molecule has 2 aromatic rings. The van der Waals surface area contributed by atoms with Crippen LogP contribution in [0.25, 0.3) is 11.1 Å². The van der Waals surface area contributed by atoms with Gasteiger partial charge in [0.05, 0.1) is 0 Å². The summed E-state index contributed by atoms with van der Waals surface area (Å²) in [6, 6.07) is 8.66. The van der Waals surface area contributed by atoms with Crippen LogP contribution in [0.1, 0.15) is 19.8 Å². The molecule has 0 saturated heterocycles. The Bertz CT molecular complexity index is 419. The van der Waals surface area contributed by atoms with Crippen molar-refractivity contribution in [2.45, 2.75) is 25.8 Å². The summed E-state index contributed by atoms with van der Waals surface area (Å²) in [5, 5.41) is 3.26. The number of nitrogens with zero attached hydrogens (tertiary/aromatic N) is 1. The third-order valence-corrected chi connectivity index (χ3v) is 2.63. The van der Waals surface area contributed by atoms with Crippen molar-refractivity contribution >= 4 is 17.1 Å². The van der Waals surface area contributed by atoms with Crippen molar-refractivity contribution < 1.29 is 4.42 Å². The Balaban J connectivity index is 2.14. The summed E-state index contributed by atoms with van der Waals surface area (Å²) in [5.41, 5.74) is 7.24. The Hall–Kier alpha value is -1.55. The molecule has 0 aliphatic rings. The number of nitrogens with two attached hydrogens (primary N) is 1. The highest BCUT2D eigenvalue weighted by molar-refractivity contribution is 5.74. The molecule has 1 aromatic carbocycles. The van der Waals surface area contributed by atoms with Crippen LogP contribution in [0.15, 0.2) is 28.7 Å². The quantitative estimate of drug-likeness (QED) is 0.810. The van der Waals surface area contributed by atoms with Gasteiger partial charge in [-0.1, -0.05) is 19.1 Å². The molecular weight excluding hydrogens is 202 g/mol. The smallest absolute Gasteiger partial charge is 0.295 e. The van der Waals surface area contributed by atoms with Gasteiger partial charge in [-0.15, -0.1) is 0 Å². The van der Waals surface area contributed by atoms with E-state index in [1.165, 1.54) is 0 Å². The summed E-state index contributed by atoms with van der Waals surface area (Å²) in [6.07, 6.45) is 1.94. The second-order valence-corrected chi connectivity index (χ2v) is 3.81. The van der Waals surface area contributed by atoms with Crippen LogP contribution in [0, 0.1) is 0 Å². The number of oxazole rings is 1. The maximum atomic E-state index is 5.58. The zero-order valence-electron chi connectivity index (χ0n) is 9.44. The number of aromatic nitrogens is 1. The summed E-state index contributed by atoms with van der Waals surface area (Å²) < 4.78 is 5.58. The van der Waals surface area contributed by atoms with E-state index in [9.17, 15) is 0 Å². The van der Waals surface area contributed by atoms with Crippen LogP contribution in [0.2, 0.25) is 0 Å². The minimum atomic E-state index is 0.332. The molecule has 16 heavy (non-hydrogen) atoms. The Morgan fingerprint density at radius 1 is 1.44 bits per heavy atom. The molecule has 86 valence electrons. The number of hydrogen-bond donors (Lipinski definition) is 2. The minimum Gasteiger partial charge on any atom is -0.424 e. The highest BCUT2D eigenvalue weighted by atomic mass is 16.4. The summed E-state index contributed by atoms with van der Waals surface area (Å²) in [7, 11) is 0. The van der Waals surface area contributed by atoms with Crippen molar-refractivity contribution in [1.82, 2.24) is 4.98 Å². The van der Waals surface area contributed by atoms with E-state index in [0.29, 0.717) is 18.6 Å². The minimum absolute atomic E-state index is 0.332. The van der Waals surface area contributed by atoms with Gasteiger partial charge in [-0.25, -0.2) is 0 Å². The molecule has 1 heterocycles. The average Bonchev–Trinajstić information content (AvgIpc) is 2.70. The second-order valence-electron chi connectivity index (χ2n) is 3.81. The van der Waals surface area contributed by atoms with Gasteiger partial charge in [-0.2, -0.15) is 4.98 Å². The Kier molecular flexibility index (Phi) is 3.41. The number of hydrogen-bond acceptors (Lipinski definition) is 4. The van der Waals surface area contributed by atoms with Crippen LogP contribution < -0.4 is 11.1 Å². The van der Waals surface area contributed by atoms with E-state index < -0.39 is 0 Å². The second kappa shape index (κ2) is 4.99. The first-order valence-corrected chi connectivity index (χ1v) is 5.65. The number of anilines is 1.